The fraction of sp³-hybridized carbons (Fsp3) is 0.333. The van der Waals surface area contributed by atoms with E-state index < -0.39 is 5.97 Å². The monoisotopic (exact) mass is 300 g/mol. The van der Waals surface area contributed by atoms with E-state index in [4.69, 9.17) is 15.6 Å². The van der Waals surface area contributed by atoms with Crippen molar-refractivity contribution in [3.05, 3.63) is 29.8 Å². The van der Waals surface area contributed by atoms with E-state index in [9.17, 15) is 4.79 Å². The van der Waals surface area contributed by atoms with E-state index in [2.05, 4.69) is 10.4 Å². The van der Waals surface area contributed by atoms with Crippen molar-refractivity contribution in [2.24, 2.45) is 10.7 Å². The molecule has 0 aromatic heterocycles. The molecule has 7 nitrogen and oxygen atoms in total. The highest BCUT2D eigenvalue weighted by Gasteiger charge is 2.10. The smallest absolute Gasteiger partial charge is 0.335 e. The molecule has 1 aliphatic rings. The van der Waals surface area contributed by atoms with Gasteiger partial charge in [-0.25, -0.2) is 14.8 Å². The highest BCUT2D eigenvalue weighted by atomic mass is 35.5. The van der Waals surface area contributed by atoms with Crippen molar-refractivity contribution in [2.45, 2.75) is 0 Å². The number of aliphatic imine (C=N–C) groups is 1. The van der Waals surface area contributed by atoms with Gasteiger partial charge in [0.25, 0.3) is 0 Å². The number of nitrogens with two attached hydrogens (primary N) is 1. The number of nitrogens with zero attached hydrogens (tertiary/aromatic N) is 2. The maximum absolute atomic E-state index is 10.7. The number of nitrogens with one attached hydrogen (secondary N) is 1. The van der Waals surface area contributed by atoms with Gasteiger partial charge in [-0.3, -0.25) is 5.43 Å². The summed E-state index contributed by atoms with van der Waals surface area (Å²) in [7, 11) is 0. The quantitative estimate of drug-likeness (QED) is 0.558. The number of halogens is 1. The summed E-state index contributed by atoms with van der Waals surface area (Å²) in [6.07, 6.45) is 0. The normalized spacial score (nSPS) is 16.3. The molecule has 0 amide bonds. The number of benzene rings is 1. The van der Waals surface area contributed by atoms with Crippen molar-refractivity contribution >= 4 is 30.0 Å². The first kappa shape index (κ1) is 16.2. The van der Waals surface area contributed by atoms with Gasteiger partial charge in [-0.05, 0) is 24.3 Å². The lowest BCUT2D eigenvalue weighted by Gasteiger charge is -2.27. The number of ether oxygens (including phenoxy) is 1. The predicted molar refractivity (Wildman–Crippen MR) is 77.5 cm³/mol. The Labute approximate surface area is 122 Å². The Morgan fingerprint density at radius 2 is 1.90 bits per heavy atom. The number of hydrogen-bond donors (Lipinski definition) is 3. The van der Waals surface area contributed by atoms with Gasteiger partial charge in [0.15, 0.2) is 0 Å². The lowest BCUT2D eigenvalue weighted by molar-refractivity contribution is 0.0246. The molecular weight excluding hydrogens is 284 g/mol. The lowest BCUT2D eigenvalue weighted by atomic mass is 10.2. The number of carboxylic acid groups (broad SMARTS) is 1. The van der Waals surface area contributed by atoms with Crippen LogP contribution < -0.4 is 11.2 Å². The van der Waals surface area contributed by atoms with Crippen molar-refractivity contribution < 1.29 is 14.6 Å². The molecule has 1 aromatic rings. The molecule has 0 radical (unpaired) electrons. The number of carboxylic acids is 1. The lowest BCUT2D eigenvalue weighted by Crippen LogP contribution is -2.50. The van der Waals surface area contributed by atoms with Gasteiger partial charge in [0.05, 0.1) is 24.5 Å². The predicted octanol–water partition coefficient (Wildman–Crippen LogP) is 0.590. The van der Waals surface area contributed by atoms with E-state index >= 15 is 0 Å². The number of rotatable bonds is 3. The third-order valence-corrected chi connectivity index (χ3v) is 2.65. The summed E-state index contributed by atoms with van der Waals surface area (Å²) in [5.41, 5.74) is 9.57. The summed E-state index contributed by atoms with van der Waals surface area (Å²) in [6.45, 7) is 2.81. The van der Waals surface area contributed by atoms with Crippen LogP contribution >= 0.6 is 12.4 Å². The highest BCUT2D eigenvalue weighted by Crippen LogP contribution is 2.12. The van der Waals surface area contributed by atoms with Gasteiger partial charge < -0.3 is 15.6 Å². The van der Waals surface area contributed by atoms with Gasteiger partial charge >= 0.3 is 5.97 Å². The second-order valence-electron chi connectivity index (χ2n) is 4.06. The summed E-state index contributed by atoms with van der Waals surface area (Å²) < 4.78 is 5.22. The number of guanidine groups is 1. The first-order valence-corrected chi connectivity index (χ1v) is 5.92. The highest BCUT2D eigenvalue weighted by molar-refractivity contribution is 5.88. The molecule has 1 fully saturated rings. The summed E-state index contributed by atoms with van der Waals surface area (Å²) in [5, 5.41) is 10.7. The van der Waals surface area contributed by atoms with E-state index in [1.165, 1.54) is 12.1 Å². The Bertz CT molecular complexity index is 472. The largest absolute Gasteiger partial charge is 0.478 e. The van der Waals surface area contributed by atoms with Gasteiger partial charge in [0.1, 0.15) is 0 Å². The van der Waals surface area contributed by atoms with Gasteiger partial charge in [0, 0.05) is 13.1 Å². The molecular formula is C12H17ClN4O3. The van der Waals surface area contributed by atoms with Crippen molar-refractivity contribution in [1.29, 1.82) is 0 Å². The maximum Gasteiger partial charge on any atom is 0.335 e. The van der Waals surface area contributed by atoms with Crippen LogP contribution in [0.4, 0.5) is 5.69 Å². The summed E-state index contributed by atoms with van der Waals surface area (Å²) in [5.74, 6) is -0.695. The minimum absolute atomic E-state index is 0. The second-order valence-corrected chi connectivity index (χ2v) is 4.06. The number of morpholine rings is 1. The third-order valence-electron chi connectivity index (χ3n) is 2.65. The maximum atomic E-state index is 10.7. The fourth-order valence-corrected chi connectivity index (χ4v) is 1.68. The summed E-state index contributed by atoms with van der Waals surface area (Å²) in [6, 6.07) is 6.20. The molecule has 0 saturated carbocycles. The number of hydrazine groups is 1. The molecule has 1 aliphatic heterocycles. The van der Waals surface area contributed by atoms with Gasteiger partial charge in [-0.15, -0.1) is 12.4 Å². The van der Waals surface area contributed by atoms with Gasteiger partial charge in [-0.1, -0.05) is 0 Å². The van der Waals surface area contributed by atoms with Crippen LogP contribution in [0.2, 0.25) is 0 Å². The van der Waals surface area contributed by atoms with E-state index in [1.807, 2.05) is 5.01 Å². The Kier molecular flexibility index (Phi) is 6.23. The minimum Gasteiger partial charge on any atom is -0.478 e. The Morgan fingerprint density at radius 3 is 2.45 bits per heavy atom. The zero-order valence-electron chi connectivity index (χ0n) is 10.8. The SMILES string of the molecule is Cl.NC(=Nc1ccc(C(=O)O)cc1)NN1CCOCC1. The summed E-state index contributed by atoms with van der Waals surface area (Å²) >= 11 is 0. The van der Waals surface area contributed by atoms with E-state index in [0.717, 1.165) is 13.1 Å². The molecule has 1 heterocycles. The Hall–Kier alpha value is -1.83. The zero-order chi connectivity index (χ0) is 13.7. The first-order valence-electron chi connectivity index (χ1n) is 5.92. The number of aromatic carboxylic acids is 1. The Morgan fingerprint density at radius 1 is 1.30 bits per heavy atom. The molecule has 110 valence electrons. The number of carbonyl (C=O) groups is 1. The molecule has 0 spiro atoms. The van der Waals surface area contributed by atoms with Crippen LogP contribution in [-0.4, -0.2) is 48.3 Å². The van der Waals surface area contributed by atoms with Crippen LogP contribution in [0.5, 0.6) is 0 Å². The fourth-order valence-electron chi connectivity index (χ4n) is 1.68. The molecule has 1 saturated heterocycles. The van der Waals surface area contributed by atoms with Gasteiger partial charge in [0.2, 0.25) is 5.96 Å². The molecule has 0 aliphatic carbocycles. The van der Waals surface area contributed by atoms with Gasteiger partial charge in [-0.2, -0.15) is 0 Å². The Balaban J connectivity index is 0.00000200. The van der Waals surface area contributed by atoms with Crippen molar-refractivity contribution in [2.75, 3.05) is 26.3 Å². The van der Waals surface area contributed by atoms with E-state index in [-0.39, 0.29) is 23.9 Å². The van der Waals surface area contributed by atoms with Crippen LogP contribution in [-0.2, 0) is 4.74 Å². The van der Waals surface area contributed by atoms with Crippen LogP contribution in [0.1, 0.15) is 10.4 Å². The molecule has 0 unspecified atom stereocenters. The topological polar surface area (TPSA) is 100 Å². The summed E-state index contributed by atoms with van der Waals surface area (Å²) in [4.78, 5) is 14.9. The average Bonchev–Trinajstić information content (AvgIpc) is 2.40. The molecule has 4 N–H and O–H groups in total. The molecule has 1 aromatic carbocycles. The first-order chi connectivity index (χ1) is 9.15. The van der Waals surface area contributed by atoms with E-state index in [1.54, 1.807) is 12.1 Å². The average molecular weight is 301 g/mol. The standard InChI is InChI=1S/C12H16N4O3.ClH/c13-12(15-16-5-7-19-8-6-16)14-10-3-1-9(2-4-10)11(17)18;/h1-4H,5-8H2,(H,17,18)(H3,13,14,15);1H. The molecule has 20 heavy (non-hydrogen) atoms. The molecule has 8 heteroatoms. The molecule has 0 bridgehead atoms. The molecule has 2 rings (SSSR count). The van der Waals surface area contributed by atoms with Crippen molar-refractivity contribution in [3.63, 3.8) is 0 Å². The minimum atomic E-state index is -0.963. The van der Waals surface area contributed by atoms with Crippen LogP contribution in [0.3, 0.4) is 0 Å². The van der Waals surface area contributed by atoms with Crippen LogP contribution in [0.25, 0.3) is 0 Å². The molecule has 0 atom stereocenters. The number of hydrogen-bond acceptors (Lipinski definition) is 4. The van der Waals surface area contributed by atoms with Crippen LogP contribution in [0.15, 0.2) is 29.3 Å². The zero-order valence-corrected chi connectivity index (χ0v) is 11.6. The van der Waals surface area contributed by atoms with Crippen molar-refractivity contribution in [1.82, 2.24) is 10.4 Å². The van der Waals surface area contributed by atoms with E-state index in [0.29, 0.717) is 18.9 Å². The van der Waals surface area contributed by atoms with Crippen LogP contribution in [0, 0.1) is 0 Å². The second kappa shape index (κ2) is 7.68. The third kappa shape index (κ3) is 4.69. The van der Waals surface area contributed by atoms with Crippen molar-refractivity contribution in [3.8, 4) is 0 Å².